The average molecular weight is 787 g/mol. The van der Waals surface area contributed by atoms with Crippen molar-refractivity contribution in [2.75, 3.05) is 4.90 Å². The lowest BCUT2D eigenvalue weighted by Crippen LogP contribution is -2.49. The Morgan fingerprint density at radius 2 is 0.914 bits per heavy atom. The number of unbranched alkanes of at least 4 members (excludes halogenated alkanes) is 4. The van der Waals surface area contributed by atoms with E-state index in [1.165, 1.54) is 153 Å². The Hall–Kier alpha value is -2.94. The standard InChI is InChI=1S/C45H63BN2.2C5H12/c1-29(2)36-23-16-24-37(30(3)4)42(36)40-27-18-28-41(43-38(31(5)6)25-17-26-39(43)32(7)8)44(40)48-33(9)47-46(35-21-14-11-15-22-35)45(48)34-19-12-10-13-20-34;2*1-3-5-4-2/h16-18,23-32,34-35,45,47H,9-15,19-22H2,1-8H3;2*3-5H2,1-2H3/t45-;;/m0../s1. The fourth-order valence-electron chi connectivity index (χ4n) is 10.5. The van der Waals surface area contributed by atoms with Gasteiger partial charge in [0.25, 0.3) is 6.85 Å². The minimum absolute atomic E-state index is 0.420. The molecule has 1 saturated heterocycles. The first-order valence-corrected chi connectivity index (χ1v) is 24.6. The zero-order valence-corrected chi connectivity index (χ0v) is 39.8. The van der Waals surface area contributed by atoms with Gasteiger partial charge in [-0.2, -0.15) is 0 Å². The summed E-state index contributed by atoms with van der Waals surface area (Å²) in [5, 5.41) is 4.16. The molecule has 1 heterocycles. The number of anilines is 1. The number of hydrogen-bond donors (Lipinski definition) is 1. The molecular weight excluding hydrogens is 699 g/mol. The molecule has 1 aliphatic heterocycles. The van der Waals surface area contributed by atoms with Crippen LogP contribution in [0.5, 0.6) is 0 Å². The second-order valence-corrected chi connectivity index (χ2v) is 19.4. The van der Waals surface area contributed by atoms with Crippen molar-refractivity contribution in [1.82, 2.24) is 5.23 Å². The molecule has 3 aromatic rings. The largest absolute Gasteiger partial charge is 0.413 e. The van der Waals surface area contributed by atoms with Crippen molar-refractivity contribution in [2.24, 2.45) is 5.92 Å². The van der Waals surface area contributed by atoms with Gasteiger partial charge in [0.1, 0.15) is 0 Å². The Morgan fingerprint density at radius 3 is 1.26 bits per heavy atom. The van der Waals surface area contributed by atoms with E-state index in [1.807, 2.05) is 0 Å². The summed E-state index contributed by atoms with van der Waals surface area (Å²) in [5.41, 5.74) is 12.9. The fourth-order valence-corrected chi connectivity index (χ4v) is 10.5. The number of rotatable bonds is 13. The molecule has 0 amide bonds. The molecule has 3 aromatic carbocycles. The topological polar surface area (TPSA) is 15.3 Å². The molecule has 3 aliphatic rings. The van der Waals surface area contributed by atoms with Gasteiger partial charge in [0.2, 0.25) is 0 Å². The maximum atomic E-state index is 4.92. The van der Waals surface area contributed by atoms with Crippen LogP contribution in [0.25, 0.3) is 22.3 Å². The summed E-state index contributed by atoms with van der Waals surface area (Å²) in [5.74, 6) is 4.63. The predicted octanol–water partition coefficient (Wildman–Crippen LogP) is 17.6. The Labute approximate surface area is 360 Å². The fraction of sp³-hybridized carbons (Fsp3) is 0.636. The normalized spacial score (nSPS) is 17.8. The molecular formula is C55H87BN2. The molecule has 2 aliphatic carbocycles. The molecule has 0 bridgehead atoms. The van der Waals surface area contributed by atoms with Crippen molar-refractivity contribution in [3.8, 4) is 22.3 Å². The van der Waals surface area contributed by atoms with Crippen LogP contribution in [0.2, 0.25) is 5.82 Å². The van der Waals surface area contributed by atoms with Gasteiger partial charge in [0.05, 0.1) is 11.5 Å². The van der Waals surface area contributed by atoms with Gasteiger partial charge < -0.3 is 10.1 Å². The first-order valence-electron chi connectivity index (χ1n) is 24.6. The SMILES string of the molecule is C=C1NB(C2CCCCC2)[C@H](C2CCCCC2)N1c1c(-c2c(C(C)C)cccc2C(C)C)cccc1-c1c(C(C)C)cccc1C(C)C.CCCCC.CCCCC. The highest BCUT2D eigenvalue weighted by molar-refractivity contribution is 6.62. The monoisotopic (exact) mass is 787 g/mol. The highest BCUT2D eigenvalue weighted by Crippen LogP contribution is 2.52. The molecule has 320 valence electrons. The summed E-state index contributed by atoms with van der Waals surface area (Å²) < 4.78 is 0. The summed E-state index contributed by atoms with van der Waals surface area (Å²) >= 11 is 0. The van der Waals surface area contributed by atoms with E-state index in [4.69, 9.17) is 6.58 Å². The Bertz CT molecular complexity index is 1530. The van der Waals surface area contributed by atoms with E-state index in [2.05, 4.69) is 148 Å². The van der Waals surface area contributed by atoms with Crippen LogP contribution in [0.3, 0.4) is 0 Å². The van der Waals surface area contributed by atoms with E-state index in [-0.39, 0.29) is 0 Å². The Balaban J connectivity index is 0.000000665. The molecule has 0 aromatic heterocycles. The van der Waals surface area contributed by atoms with E-state index in [9.17, 15) is 0 Å². The second-order valence-electron chi connectivity index (χ2n) is 19.4. The van der Waals surface area contributed by atoms with Gasteiger partial charge >= 0.3 is 0 Å². The van der Waals surface area contributed by atoms with E-state index in [1.54, 1.807) is 0 Å². The lowest BCUT2D eigenvalue weighted by molar-refractivity contribution is 0.340. The zero-order chi connectivity index (χ0) is 42.4. The van der Waals surface area contributed by atoms with Crippen LogP contribution in [0.15, 0.2) is 67.0 Å². The van der Waals surface area contributed by atoms with Gasteiger partial charge in [-0.1, -0.05) is 234 Å². The van der Waals surface area contributed by atoms with Crippen molar-refractivity contribution in [3.63, 3.8) is 0 Å². The molecule has 58 heavy (non-hydrogen) atoms. The number of benzene rings is 3. The van der Waals surface area contributed by atoms with Gasteiger partial charge in [0.15, 0.2) is 0 Å². The smallest absolute Gasteiger partial charge is 0.280 e. The summed E-state index contributed by atoms with van der Waals surface area (Å²) in [4.78, 5) is 2.79. The predicted molar refractivity (Wildman–Crippen MR) is 262 cm³/mol. The highest BCUT2D eigenvalue weighted by atomic mass is 15.3. The summed E-state index contributed by atoms with van der Waals surface area (Å²) in [6.07, 6.45) is 21.7. The van der Waals surface area contributed by atoms with E-state index in [0.29, 0.717) is 48.2 Å². The van der Waals surface area contributed by atoms with Crippen molar-refractivity contribution in [1.29, 1.82) is 0 Å². The maximum absolute atomic E-state index is 4.92. The summed E-state index contributed by atoms with van der Waals surface area (Å²) in [6, 6.07) is 21.4. The van der Waals surface area contributed by atoms with Gasteiger partial charge in [-0.3, -0.25) is 0 Å². The molecule has 6 rings (SSSR count). The molecule has 0 unspecified atom stereocenters. The van der Waals surface area contributed by atoms with Crippen molar-refractivity contribution >= 4 is 12.5 Å². The molecule has 2 nitrogen and oxygen atoms in total. The first-order chi connectivity index (χ1) is 27.9. The number of nitrogens with one attached hydrogen (secondary N) is 1. The van der Waals surface area contributed by atoms with Crippen LogP contribution in [-0.4, -0.2) is 12.8 Å². The first kappa shape index (κ1) is 47.7. The average Bonchev–Trinajstić information content (AvgIpc) is 3.57. The zero-order valence-electron chi connectivity index (χ0n) is 39.8. The van der Waals surface area contributed by atoms with Gasteiger partial charge in [-0.05, 0) is 81.6 Å². The van der Waals surface area contributed by atoms with Crippen LogP contribution in [0, 0.1) is 5.92 Å². The van der Waals surface area contributed by atoms with Crippen LogP contribution in [0.1, 0.15) is 232 Å². The van der Waals surface area contributed by atoms with Gasteiger partial charge in [-0.15, -0.1) is 0 Å². The lowest BCUT2D eigenvalue weighted by atomic mass is 9.41. The van der Waals surface area contributed by atoms with Crippen LogP contribution in [-0.2, 0) is 0 Å². The minimum Gasteiger partial charge on any atom is -0.413 e. The Kier molecular flexibility index (Phi) is 19.5. The highest BCUT2D eigenvalue weighted by Gasteiger charge is 2.49. The third kappa shape index (κ3) is 11.7. The molecule has 3 fully saturated rings. The molecule has 0 spiro atoms. The van der Waals surface area contributed by atoms with Crippen molar-refractivity contribution < 1.29 is 0 Å². The van der Waals surface area contributed by atoms with Gasteiger partial charge in [-0.25, -0.2) is 0 Å². The lowest BCUT2D eigenvalue weighted by Gasteiger charge is -2.40. The summed E-state index contributed by atoms with van der Waals surface area (Å²) in [7, 11) is 0. The molecule has 3 heteroatoms. The maximum Gasteiger partial charge on any atom is 0.280 e. The van der Waals surface area contributed by atoms with Crippen LogP contribution >= 0.6 is 0 Å². The number of nitrogens with zero attached hydrogens (tertiary/aromatic N) is 1. The Morgan fingerprint density at radius 1 is 0.552 bits per heavy atom. The number of hydrogen-bond acceptors (Lipinski definition) is 2. The van der Waals surface area contributed by atoms with Crippen molar-refractivity contribution in [2.45, 2.75) is 221 Å². The quantitative estimate of drug-likeness (QED) is 0.174. The molecule has 1 atom stereocenters. The van der Waals surface area contributed by atoms with Crippen LogP contribution < -0.4 is 10.1 Å². The van der Waals surface area contributed by atoms with Crippen LogP contribution in [0.4, 0.5) is 5.69 Å². The van der Waals surface area contributed by atoms with E-state index < -0.39 is 0 Å². The molecule has 0 radical (unpaired) electrons. The minimum atomic E-state index is 0.420. The molecule has 2 saturated carbocycles. The number of para-hydroxylation sites is 1. The van der Waals surface area contributed by atoms with Gasteiger partial charge in [0, 0.05) is 17.1 Å². The third-order valence-electron chi connectivity index (χ3n) is 13.6. The van der Waals surface area contributed by atoms with Crippen molar-refractivity contribution in [3.05, 3.63) is 89.3 Å². The van der Waals surface area contributed by atoms with E-state index in [0.717, 1.165) is 5.82 Å². The third-order valence-corrected chi connectivity index (χ3v) is 13.6. The molecule has 1 N–H and O–H groups in total. The second kappa shape index (κ2) is 23.7. The summed E-state index contributed by atoms with van der Waals surface area (Å²) in [6.45, 7) is 33.2. The van der Waals surface area contributed by atoms with E-state index >= 15 is 0 Å².